The van der Waals surface area contributed by atoms with Gasteiger partial charge < -0.3 is 15.0 Å². The first-order chi connectivity index (χ1) is 9.97. The van der Waals surface area contributed by atoms with Gasteiger partial charge in [-0.05, 0) is 25.7 Å². The second-order valence-electron chi connectivity index (χ2n) is 5.08. The molecule has 1 aromatic heterocycles. The van der Waals surface area contributed by atoms with E-state index in [1.54, 1.807) is 4.90 Å². The summed E-state index contributed by atoms with van der Waals surface area (Å²) >= 11 is 0. The number of amides is 1. The van der Waals surface area contributed by atoms with Crippen molar-refractivity contribution in [3.63, 3.8) is 0 Å². The van der Waals surface area contributed by atoms with Crippen LogP contribution in [0.3, 0.4) is 0 Å². The third kappa shape index (κ3) is 3.80. The number of H-pyrrole nitrogens is 2. The Morgan fingerprint density at radius 1 is 1.29 bits per heavy atom. The number of likely N-dealkylation sites (tertiary alicyclic amines) is 1. The number of carboxylic acids is 1. The molecule has 8 nitrogen and oxygen atoms in total. The van der Waals surface area contributed by atoms with Crippen LogP contribution in [-0.2, 0) is 4.79 Å². The highest BCUT2D eigenvalue weighted by molar-refractivity contribution is 5.92. The maximum absolute atomic E-state index is 12.4. The molecule has 0 spiro atoms. The number of hydrogen-bond acceptors (Lipinski definition) is 4. The Kier molecular flexibility index (Phi) is 4.56. The molecule has 2 rings (SSSR count). The normalized spacial score (nSPS) is 18.5. The van der Waals surface area contributed by atoms with Crippen LogP contribution >= 0.6 is 0 Å². The second-order valence-corrected chi connectivity index (χ2v) is 5.08. The fourth-order valence-electron chi connectivity index (χ4n) is 2.60. The smallest absolute Gasteiger partial charge is 0.326 e. The molecule has 1 aliphatic rings. The van der Waals surface area contributed by atoms with Gasteiger partial charge in [0.25, 0.3) is 11.5 Å². The predicted octanol–water partition coefficient (Wildman–Crippen LogP) is -0.0773. The van der Waals surface area contributed by atoms with Gasteiger partial charge in [-0.1, -0.05) is 0 Å². The van der Waals surface area contributed by atoms with Gasteiger partial charge in [-0.3, -0.25) is 19.4 Å². The Bertz CT molecular complexity index is 619. The van der Waals surface area contributed by atoms with E-state index in [2.05, 4.69) is 4.98 Å². The Labute approximate surface area is 119 Å². The highest BCUT2D eigenvalue weighted by Crippen LogP contribution is 2.22. The Morgan fingerprint density at radius 2 is 2.05 bits per heavy atom. The molecule has 1 amide bonds. The molecular weight excluding hydrogens is 278 g/mol. The van der Waals surface area contributed by atoms with Gasteiger partial charge in [0.1, 0.15) is 5.69 Å². The van der Waals surface area contributed by atoms with Crippen molar-refractivity contribution in [2.75, 3.05) is 6.54 Å². The van der Waals surface area contributed by atoms with Crippen molar-refractivity contribution in [3.8, 4) is 0 Å². The largest absolute Gasteiger partial charge is 0.481 e. The summed E-state index contributed by atoms with van der Waals surface area (Å²) in [6.45, 7) is 0.498. The lowest BCUT2D eigenvalue weighted by atomic mass is 9.97. The number of carboxylic acid groups (broad SMARTS) is 1. The summed E-state index contributed by atoms with van der Waals surface area (Å²) in [6.07, 6.45) is 2.84. The van der Waals surface area contributed by atoms with Gasteiger partial charge in [0.15, 0.2) is 0 Å². The summed E-state index contributed by atoms with van der Waals surface area (Å²) < 4.78 is 0. The van der Waals surface area contributed by atoms with Gasteiger partial charge >= 0.3 is 11.7 Å². The van der Waals surface area contributed by atoms with Crippen LogP contribution in [0.15, 0.2) is 15.7 Å². The van der Waals surface area contributed by atoms with Crippen molar-refractivity contribution < 1.29 is 14.7 Å². The topological polar surface area (TPSA) is 123 Å². The first kappa shape index (κ1) is 15.0. The lowest BCUT2D eigenvalue weighted by molar-refractivity contribution is -0.137. The molecule has 1 unspecified atom stereocenters. The Hall–Kier alpha value is -2.38. The molecule has 3 N–H and O–H groups in total. The molecule has 1 aromatic rings. The predicted molar refractivity (Wildman–Crippen MR) is 73.2 cm³/mol. The summed E-state index contributed by atoms with van der Waals surface area (Å²) in [5.74, 6) is -1.34. The maximum atomic E-state index is 12.4. The third-order valence-corrected chi connectivity index (χ3v) is 3.57. The highest BCUT2D eigenvalue weighted by Gasteiger charge is 2.28. The summed E-state index contributed by atoms with van der Waals surface area (Å²) in [5, 5.41) is 8.76. The number of piperidine rings is 1. The Balaban J connectivity index is 2.19. The van der Waals surface area contributed by atoms with Gasteiger partial charge in [0.05, 0.1) is 0 Å². The zero-order valence-electron chi connectivity index (χ0n) is 11.4. The van der Waals surface area contributed by atoms with E-state index in [1.807, 2.05) is 4.98 Å². The van der Waals surface area contributed by atoms with Crippen LogP contribution in [0, 0.1) is 0 Å². The van der Waals surface area contributed by atoms with E-state index < -0.39 is 23.1 Å². The molecule has 0 aromatic carbocycles. The average molecular weight is 295 g/mol. The number of carbonyl (C=O) groups excluding carboxylic acids is 1. The molecule has 1 fully saturated rings. The van der Waals surface area contributed by atoms with Crippen LogP contribution in [0.2, 0.25) is 0 Å². The van der Waals surface area contributed by atoms with E-state index in [1.165, 1.54) is 0 Å². The van der Waals surface area contributed by atoms with Crippen LogP contribution in [0.5, 0.6) is 0 Å². The number of aliphatic carboxylic acids is 1. The van der Waals surface area contributed by atoms with Gasteiger partial charge in [-0.15, -0.1) is 0 Å². The van der Waals surface area contributed by atoms with Crippen molar-refractivity contribution in [2.24, 2.45) is 0 Å². The third-order valence-electron chi connectivity index (χ3n) is 3.57. The number of aromatic nitrogens is 2. The molecule has 21 heavy (non-hydrogen) atoms. The van der Waals surface area contributed by atoms with Crippen LogP contribution in [0.25, 0.3) is 0 Å². The number of nitrogens with one attached hydrogen (secondary N) is 2. The van der Waals surface area contributed by atoms with Gasteiger partial charge in [-0.2, -0.15) is 0 Å². The van der Waals surface area contributed by atoms with Crippen molar-refractivity contribution in [2.45, 2.75) is 38.1 Å². The van der Waals surface area contributed by atoms with E-state index in [4.69, 9.17) is 5.11 Å². The molecule has 2 heterocycles. The minimum absolute atomic E-state index is 0.0136. The van der Waals surface area contributed by atoms with E-state index in [0.29, 0.717) is 13.0 Å². The first-order valence-electron chi connectivity index (χ1n) is 6.84. The minimum atomic E-state index is -0.905. The van der Waals surface area contributed by atoms with Gasteiger partial charge in [-0.25, -0.2) is 4.79 Å². The molecule has 0 radical (unpaired) electrons. The Morgan fingerprint density at radius 3 is 2.71 bits per heavy atom. The number of aromatic amines is 2. The monoisotopic (exact) mass is 295 g/mol. The zero-order valence-corrected chi connectivity index (χ0v) is 11.4. The summed E-state index contributed by atoms with van der Waals surface area (Å²) in [5.41, 5.74) is -1.43. The maximum Gasteiger partial charge on any atom is 0.326 e. The van der Waals surface area contributed by atoms with Crippen LogP contribution in [-0.4, -0.2) is 44.4 Å². The molecule has 0 aliphatic carbocycles. The average Bonchev–Trinajstić information content (AvgIpc) is 2.43. The van der Waals surface area contributed by atoms with Crippen LogP contribution in [0.1, 0.15) is 42.6 Å². The van der Waals surface area contributed by atoms with Crippen LogP contribution < -0.4 is 11.2 Å². The quantitative estimate of drug-likeness (QED) is 0.717. The summed E-state index contributed by atoms with van der Waals surface area (Å²) in [6, 6.07) is 0.872. The molecule has 114 valence electrons. The molecule has 8 heteroatoms. The molecular formula is C13H17N3O5. The van der Waals surface area contributed by atoms with Gasteiger partial charge in [0.2, 0.25) is 0 Å². The highest BCUT2D eigenvalue weighted by atomic mass is 16.4. The zero-order chi connectivity index (χ0) is 15.4. The molecule has 1 atom stereocenters. The molecule has 0 saturated carbocycles. The van der Waals surface area contributed by atoms with E-state index in [9.17, 15) is 19.2 Å². The number of rotatable bonds is 4. The number of hydrogen-bond donors (Lipinski definition) is 3. The summed E-state index contributed by atoms with van der Waals surface area (Å²) in [7, 11) is 0. The van der Waals surface area contributed by atoms with Crippen molar-refractivity contribution in [1.82, 2.24) is 14.9 Å². The fraction of sp³-hybridized carbons (Fsp3) is 0.538. The number of nitrogens with zero attached hydrogens (tertiary/aromatic N) is 1. The first-order valence-corrected chi connectivity index (χ1v) is 6.84. The van der Waals surface area contributed by atoms with Gasteiger partial charge in [0, 0.05) is 25.1 Å². The van der Waals surface area contributed by atoms with Crippen molar-refractivity contribution in [1.29, 1.82) is 0 Å². The fourth-order valence-corrected chi connectivity index (χ4v) is 2.60. The second kappa shape index (κ2) is 6.38. The molecule has 1 saturated heterocycles. The van der Waals surface area contributed by atoms with Crippen molar-refractivity contribution in [3.05, 3.63) is 32.6 Å². The molecule has 0 bridgehead atoms. The standard InChI is InChI=1S/C13H17N3O5/c17-10-7-9(14-13(21)15-10)12(20)16-6-2-1-3-8(16)4-5-11(18)19/h7-8H,1-6H2,(H,18,19)(H2,14,15,17,21). The lowest BCUT2D eigenvalue weighted by Crippen LogP contribution is -2.45. The van der Waals surface area contributed by atoms with Crippen molar-refractivity contribution >= 4 is 11.9 Å². The van der Waals surface area contributed by atoms with E-state index >= 15 is 0 Å². The van der Waals surface area contributed by atoms with E-state index in [0.717, 1.165) is 25.3 Å². The summed E-state index contributed by atoms with van der Waals surface area (Å²) in [4.78, 5) is 51.5. The lowest BCUT2D eigenvalue weighted by Gasteiger charge is -2.35. The number of carbonyl (C=O) groups is 2. The molecule has 1 aliphatic heterocycles. The minimum Gasteiger partial charge on any atom is -0.481 e. The van der Waals surface area contributed by atoms with Crippen LogP contribution in [0.4, 0.5) is 0 Å². The van der Waals surface area contributed by atoms with E-state index in [-0.39, 0.29) is 18.2 Å². The SMILES string of the molecule is O=C(O)CCC1CCCCN1C(=O)c1cc(=O)[nH]c(=O)[nH]1.